The first-order chi connectivity index (χ1) is 11.9. The lowest BCUT2D eigenvalue weighted by Gasteiger charge is -2.28. The first-order valence-electron chi connectivity index (χ1n) is 8.12. The number of methoxy groups -OCH3 is 1. The lowest BCUT2D eigenvalue weighted by atomic mass is 10.1. The van der Waals surface area contributed by atoms with Crippen LogP contribution < -0.4 is 4.74 Å². The van der Waals surface area contributed by atoms with Gasteiger partial charge < -0.3 is 9.84 Å². The average Bonchev–Trinajstić information content (AvgIpc) is 2.97. The molecule has 1 aromatic heterocycles. The lowest BCUT2D eigenvalue weighted by molar-refractivity contribution is 0.190. The van der Waals surface area contributed by atoms with Gasteiger partial charge in [-0.05, 0) is 12.1 Å². The van der Waals surface area contributed by atoms with Gasteiger partial charge >= 0.3 is 0 Å². The first-order valence-corrected chi connectivity index (χ1v) is 10.2. The summed E-state index contributed by atoms with van der Waals surface area (Å²) in [5, 5.41) is 14.5. The number of sulfone groups is 1. The van der Waals surface area contributed by atoms with E-state index in [0.29, 0.717) is 18.8 Å². The first kappa shape index (κ1) is 17.9. The number of fused-ring (bicyclic) bond motifs is 1. The highest BCUT2D eigenvalue weighted by atomic mass is 32.2. The van der Waals surface area contributed by atoms with Crippen LogP contribution in [0.4, 0.5) is 0 Å². The van der Waals surface area contributed by atoms with Crippen LogP contribution >= 0.6 is 0 Å². The molecule has 0 aliphatic carbocycles. The van der Waals surface area contributed by atoms with Crippen molar-refractivity contribution < 1.29 is 18.3 Å². The van der Waals surface area contributed by atoms with Gasteiger partial charge in [0.25, 0.3) is 0 Å². The number of aromatic nitrogens is 2. The molecule has 0 saturated heterocycles. The Morgan fingerprint density at radius 3 is 2.80 bits per heavy atom. The summed E-state index contributed by atoms with van der Waals surface area (Å²) in [6, 6.07) is 9.73. The second-order valence-electron chi connectivity index (χ2n) is 6.41. The lowest BCUT2D eigenvalue weighted by Crippen LogP contribution is -2.33. The largest absolute Gasteiger partial charge is 0.496 e. The number of benzene rings is 1. The van der Waals surface area contributed by atoms with Crippen LogP contribution in [0.5, 0.6) is 5.75 Å². The van der Waals surface area contributed by atoms with Crippen molar-refractivity contribution in [2.24, 2.45) is 0 Å². The molecule has 0 unspecified atom stereocenters. The Balaban J connectivity index is 1.71. The van der Waals surface area contributed by atoms with Crippen molar-refractivity contribution in [3.63, 3.8) is 0 Å². The Kier molecular flexibility index (Phi) is 5.12. The van der Waals surface area contributed by atoms with E-state index in [1.165, 1.54) is 0 Å². The minimum atomic E-state index is -3.26. The predicted octanol–water partition coefficient (Wildman–Crippen LogP) is 0.985. The minimum absolute atomic E-state index is 0.311. The van der Waals surface area contributed by atoms with Crippen molar-refractivity contribution in [1.29, 1.82) is 0 Å². The molecule has 1 atom stereocenters. The molecule has 2 aromatic rings. The SMILES string of the molecule is COc1ccccc1CN1CCn2nc([C@@H](O)CS(C)(=O)=O)cc2C1. The Bertz CT molecular complexity index is 847. The molecule has 25 heavy (non-hydrogen) atoms. The molecule has 2 heterocycles. The highest BCUT2D eigenvalue weighted by molar-refractivity contribution is 7.90. The number of para-hydroxylation sites is 1. The van der Waals surface area contributed by atoms with Gasteiger partial charge in [0.2, 0.25) is 0 Å². The van der Waals surface area contributed by atoms with Gasteiger partial charge in [-0.3, -0.25) is 9.58 Å². The smallest absolute Gasteiger partial charge is 0.150 e. The van der Waals surface area contributed by atoms with Gasteiger partial charge in [-0.25, -0.2) is 8.42 Å². The molecular weight excluding hydrogens is 342 g/mol. The molecule has 1 aliphatic rings. The molecule has 0 saturated carbocycles. The Morgan fingerprint density at radius 2 is 2.08 bits per heavy atom. The van der Waals surface area contributed by atoms with Gasteiger partial charge in [0.15, 0.2) is 0 Å². The monoisotopic (exact) mass is 365 g/mol. The fourth-order valence-electron chi connectivity index (χ4n) is 3.09. The number of hydrogen-bond donors (Lipinski definition) is 1. The van der Waals surface area contributed by atoms with Crippen LogP contribution in [-0.2, 0) is 29.5 Å². The molecule has 8 heteroatoms. The summed E-state index contributed by atoms with van der Waals surface area (Å²) >= 11 is 0. The molecule has 0 spiro atoms. The number of nitrogens with zero attached hydrogens (tertiary/aromatic N) is 3. The standard InChI is InChI=1S/C17H23N3O4S/c1-24-17-6-4-3-5-13(17)10-19-7-8-20-14(11-19)9-15(18-20)16(21)12-25(2,22)23/h3-6,9,16,21H,7-8,10-12H2,1-2H3/t16-/m0/s1. The van der Waals surface area contributed by atoms with E-state index < -0.39 is 15.9 Å². The number of aliphatic hydroxyl groups excluding tert-OH is 1. The second-order valence-corrected chi connectivity index (χ2v) is 8.60. The van der Waals surface area contributed by atoms with Crippen molar-refractivity contribution in [1.82, 2.24) is 14.7 Å². The Hall–Kier alpha value is -1.90. The summed E-state index contributed by atoms with van der Waals surface area (Å²) in [7, 11) is -1.59. The molecule has 3 rings (SSSR count). The van der Waals surface area contributed by atoms with Crippen molar-refractivity contribution in [3.8, 4) is 5.75 Å². The van der Waals surface area contributed by atoms with E-state index in [9.17, 15) is 13.5 Å². The molecule has 0 radical (unpaired) electrons. The maximum atomic E-state index is 11.4. The van der Waals surface area contributed by atoms with Crippen LogP contribution in [0.2, 0.25) is 0 Å². The summed E-state index contributed by atoms with van der Waals surface area (Å²) in [4.78, 5) is 2.28. The number of hydrogen-bond acceptors (Lipinski definition) is 6. The summed E-state index contributed by atoms with van der Waals surface area (Å²) in [6.45, 7) is 2.98. The van der Waals surface area contributed by atoms with Crippen molar-refractivity contribution >= 4 is 9.84 Å². The van der Waals surface area contributed by atoms with Crippen molar-refractivity contribution in [2.45, 2.75) is 25.7 Å². The fraction of sp³-hybridized carbons (Fsp3) is 0.471. The van der Waals surface area contributed by atoms with Gasteiger partial charge in [-0.15, -0.1) is 0 Å². The number of aliphatic hydroxyl groups is 1. The summed E-state index contributed by atoms with van der Waals surface area (Å²) < 4.78 is 30.0. The molecule has 0 amide bonds. The van der Waals surface area contributed by atoms with E-state index in [1.807, 2.05) is 28.9 Å². The Labute approximate surface area is 147 Å². The maximum Gasteiger partial charge on any atom is 0.150 e. The molecule has 1 N–H and O–H groups in total. The third kappa shape index (κ3) is 4.39. The highest BCUT2D eigenvalue weighted by Gasteiger charge is 2.23. The van der Waals surface area contributed by atoms with Crippen LogP contribution in [0.1, 0.15) is 23.1 Å². The third-order valence-corrected chi connectivity index (χ3v) is 5.21. The molecule has 1 aliphatic heterocycles. The normalized spacial score (nSPS) is 16.4. The molecule has 7 nitrogen and oxygen atoms in total. The van der Waals surface area contributed by atoms with E-state index in [-0.39, 0.29) is 5.75 Å². The molecular formula is C17H23N3O4S. The summed E-state index contributed by atoms with van der Waals surface area (Å²) in [5.41, 5.74) is 2.51. The van der Waals surface area contributed by atoms with Gasteiger partial charge in [-0.1, -0.05) is 18.2 Å². The van der Waals surface area contributed by atoms with Gasteiger partial charge in [0, 0.05) is 31.5 Å². The van der Waals surface area contributed by atoms with Crippen LogP contribution in [0, 0.1) is 0 Å². The van der Waals surface area contributed by atoms with Crippen molar-refractivity contribution in [2.75, 3.05) is 25.7 Å². The quantitative estimate of drug-likeness (QED) is 0.822. The third-order valence-electron chi connectivity index (χ3n) is 4.28. The van der Waals surface area contributed by atoms with E-state index in [0.717, 1.165) is 36.4 Å². The van der Waals surface area contributed by atoms with E-state index in [4.69, 9.17) is 4.74 Å². The fourth-order valence-corrected chi connectivity index (χ4v) is 3.83. The molecule has 0 bridgehead atoms. The van der Waals surface area contributed by atoms with E-state index >= 15 is 0 Å². The average molecular weight is 365 g/mol. The van der Waals surface area contributed by atoms with Crippen LogP contribution in [0.15, 0.2) is 30.3 Å². The van der Waals surface area contributed by atoms with Crippen molar-refractivity contribution in [3.05, 3.63) is 47.3 Å². The van der Waals surface area contributed by atoms with E-state index in [1.54, 1.807) is 13.2 Å². The Morgan fingerprint density at radius 1 is 1.32 bits per heavy atom. The number of rotatable bonds is 6. The number of ether oxygens (including phenoxy) is 1. The minimum Gasteiger partial charge on any atom is -0.496 e. The van der Waals surface area contributed by atoms with Crippen LogP contribution in [0.3, 0.4) is 0 Å². The zero-order valence-corrected chi connectivity index (χ0v) is 15.2. The molecule has 0 fully saturated rings. The summed E-state index contributed by atoms with van der Waals surface area (Å²) in [5.74, 6) is 0.555. The van der Waals surface area contributed by atoms with Gasteiger partial charge in [-0.2, -0.15) is 5.10 Å². The van der Waals surface area contributed by atoms with E-state index in [2.05, 4.69) is 10.00 Å². The zero-order chi connectivity index (χ0) is 18.0. The molecule has 1 aromatic carbocycles. The van der Waals surface area contributed by atoms with Gasteiger partial charge in [0.1, 0.15) is 21.7 Å². The highest BCUT2D eigenvalue weighted by Crippen LogP contribution is 2.23. The maximum absolute atomic E-state index is 11.4. The van der Waals surface area contributed by atoms with Crippen LogP contribution in [-0.4, -0.2) is 53.9 Å². The van der Waals surface area contributed by atoms with Gasteiger partial charge in [0.05, 0.1) is 30.8 Å². The molecule has 136 valence electrons. The van der Waals surface area contributed by atoms with Crippen LogP contribution in [0.25, 0.3) is 0 Å². The zero-order valence-electron chi connectivity index (χ0n) is 14.4. The predicted molar refractivity (Wildman–Crippen MR) is 94.0 cm³/mol. The second kappa shape index (κ2) is 7.15. The topological polar surface area (TPSA) is 84.7 Å². The summed E-state index contributed by atoms with van der Waals surface area (Å²) in [6.07, 6.45) is 0.0250.